The highest BCUT2D eigenvalue weighted by Crippen LogP contribution is 2.24. The van der Waals surface area contributed by atoms with Crippen molar-refractivity contribution in [1.82, 2.24) is 10.3 Å². The number of nitrogens with zero attached hydrogens (tertiary/aromatic N) is 1. The van der Waals surface area contributed by atoms with Gasteiger partial charge in [-0.2, -0.15) is 0 Å². The van der Waals surface area contributed by atoms with Gasteiger partial charge in [-0.25, -0.2) is 0 Å². The van der Waals surface area contributed by atoms with Crippen LogP contribution in [0.3, 0.4) is 0 Å². The third-order valence-electron chi connectivity index (χ3n) is 3.80. The van der Waals surface area contributed by atoms with E-state index in [4.69, 9.17) is 9.47 Å². The van der Waals surface area contributed by atoms with Gasteiger partial charge in [-0.15, -0.1) is 0 Å². The van der Waals surface area contributed by atoms with E-state index in [2.05, 4.69) is 10.3 Å². The van der Waals surface area contributed by atoms with E-state index in [1.165, 1.54) is 0 Å². The molecule has 0 aliphatic heterocycles. The Morgan fingerprint density at radius 1 is 1.17 bits per heavy atom. The number of rotatable bonds is 9. The minimum atomic E-state index is 0.0753. The minimum Gasteiger partial charge on any atom is -0.497 e. The van der Waals surface area contributed by atoms with Crippen LogP contribution in [0.1, 0.15) is 24.0 Å². The maximum atomic E-state index is 11.9. The Morgan fingerprint density at radius 3 is 2.75 bits per heavy atom. The van der Waals surface area contributed by atoms with Crippen LogP contribution in [-0.2, 0) is 17.6 Å². The Labute approximate surface area is 143 Å². The number of aryl methyl sites for hydroxylation is 1. The largest absolute Gasteiger partial charge is 0.497 e. The van der Waals surface area contributed by atoms with Gasteiger partial charge in [0.05, 0.1) is 14.2 Å². The summed E-state index contributed by atoms with van der Waals surface area (Å²) in [7, 11) is 3.26. The average Bonchev–Trinajstić information content (AvgIpc) is 2.62. The van der Waals surface area contributed by atoms with E-state index in [0.717, 1.165) is 41.9 Å². The van der Waals surface area contributed by atoms with E-state index in [1.807, 2.05) is 36.5 Å². The summed E-state index contributed by atoms with van der Waals surface area (Å²) in [5, 5.41) is 2.96. The molecule has 0 saturated carbocycles. The Morgan fingerprint density at radius 2 is 2.04 bits per heavy atom. The molecule has 0 radical (unpaired) electrons. The predicted octanol–water partition coefficient (Wildman–Crippen LogP) is 2.78. The van der Waals surface area contributed by atoms with Gasteiger partial charge in [0.2, 0.25) is 5.91 Å². The molecule has 2 rings (SSSR count). The molecule has 0 spiro atoms. The third-order valence-corrected chi connectivity index (χ3v) is 3.80. The van der Waals surface area contributed by atoms with Crippen LogP contribution in [0.4, 0.5) is 0 Å². The van der Waals surface area contributed by atoms with Crippen LogP contribution in [0.25, 0.3) is 0 Å². The number of pyridine rings is 1. The van der Waals surface area contributed by atoms with Gasteiger partial charge in [-0.1, -0.05) is 12.1 Å². The van der Waals surface area contributed by atoms with Crippen molar-refractivity contribution in [3.8, 4) is 11.5 Å². The summed E-state index contributed by atoms with van der Waals surface area (Å²) in [4.78, 5) is 16.0. The number of nitrogens with one attached hydrogen (secondary N) is 1. The summed E-state index contributed by atoms with van der Waals surface area (Å²) in [6, 6.07) is 9.66. The molecular weight excluding hydrogens is 304 g/mol. The summed E-state index contributed by atoms with van der Waals surface area (Å²) < 4.78 is 10.5. The first-order valence-electron chi connectivity index (χ1n) is 8.09. The molecule has 5 nitrogen and oxygen atoms in total. The second-order valence-electron chi connectivity index (χ2n) is 5.49. The van der Waals surface area contributed by atoms with Crippen molar-refractivity contribution >= 4 is 5.91 Å². The zero-order valence-electron chi connectivity index (χ0n) is 14.2. The van der Waals surface area contributed by atoms with Crippen LogP contribution in [-0.4, -0.2) is 31.7 Å². The predicted molar refractivity (Wildman–Crippen MR) is 93.4 cm³/mol. The zero-order chi connectivity index (χ0) is 17.2. The second-order valence-corrected chi connectivity index (χ2v) is 5.49. The van der Waals surface area contributed by atoms with E-state index < -0.39 is 0 Å². The van der Waals surface area contributed by atoms with E-state index in [1.54, 1.807) is 20.4 Å². The van der Waals surface area contributed by atoms with Gasteiger partial charge in [-0.3, -0.25) is 9.78 Å². The molecule has 1 N–H and O–H groups in total. The highest BCUT2D eigenvalue weighted by molar-refractivity contribution is 5.75. The standard InChI is InChI=1S/C19H24N2O3/c1-23-17-9-8-16(18(13-17)24-2)10-12-21-19(22)7-3-5-15-6-4-11-20-14-15/h4,6,8-9,11,13-14H,3,5,7,10,12H2,1-2H3,(H,21,22). The fraction of sp³-hybridized carbons (Fsp3) is 0.368. The molecule has 1 heterocycles. The molecule has 0 fully saturated rings. The van der Waals surface area contributed by atoms with Gasteiger partial charge in [0.1, 0.15) is 11.5 Å². The molecule has 128 valence electrons. The maximum Gasteiger partial charge on any atom is 0.220 e. The number of hydrogen-bond donors (Lipinski definition) is 1. The molecule has 0 bridgehead atoms. The van der Waals surface area contributed by atoms with Crippen LogP contribution in [0.2, 0.25) is 0 Å². The van der Waals surface area contributed by atoms with Gasteiger partial charge in [0.25, 0.3) is 0 Å². The quantitative estimate of drug-likeness (QED) is 0.769. The maximum absolute atomic E-state index is 11.9. The lowest BCUT2D eigenvalue weighted by Crippen LogP contribution is -2.25. The fourth-order valence-electron chi connectivity index (χ4n) is 2.48. The normalized spacial score (nSPS) is 10.2. The monoisotopic (exact) mass is 328 g/mol. The summed E-state index contributed by atoms with van der Waals surface area (Å²) in [5.41, 5.74) is 2.21. The van der Waals surface area contributed by atoms with Gasteiger partial charge in [-0.05, 0) is 42.5 Å². The van der Waals surface area contributed by atoms with Crippen molar-refractivity contribution in [3.63, 3.8) is 0 Å². The molecule has 0 unspecified atom stereocenters. The zero-order valence-corrected chi connectivity index (χ0v) is 14.2. The number of benzene rings is 1. The van der Waals surface area contributed by atoms with Crippen LogP contribution in [0.5, 0.6) is 11.5 Å². The average molecular weight is 328 g/mol. The highest BCUT2D eigenvalue weighted by Gasteiger charge is 2.06. The molecule has 1 aromatic carbocycles. The molecule has 24 heavy (non-hydrogen) atoms. The Kier molecular flexibility index (Phi) is 7.08. The lowest BCUT2D eigenvalue weighted by molar-refractivity contribution is -0.121. The van der Waals surface area contributed by atoms with E-state index in [-0.39, 0.29) is 5.91 Å². The number of methoxy groups -OCH3 is 2. The van der Waals surface area contributed by atoms with Gasteiger partial charge in [0, 0.05) is 31.4 Å². The number of aromatic nitrogens is 1. The highest BCUT2D eigenvalue weighted by atomic mass is 16.5. The SMILES string of the molecule is COc1ccc(CCNC(=O)CCCc2cccnc2)c(OC)c1. The van der Waals surface area contributed by atoms with Crippen LogP contribution in [0.15, 0.2) is 42.7 Å². The molecule has 0 atom stereocenters. The topological polar surface area (TPSA) is 60.5 Å². The van der Waals surface area contributed by atoms with Crippen molar-refractivity contribution in [2.24, 2.45) is 0 Å². The molecule has 2 aromatic rings. The fourth-order valence-corrected chi connectivity index (χ4v) is 2.48. The Balaban J connectivity index is 1.70. The summed E-state index contributed by atoms with van der Waals surface area (Å²) in [6.07, 6.45) is 6.53. The number of carbonyl (C=O) groups excluding carboxylic acids is 1. The Hall–Kier alpha value is -2.56. The van der Waals surface area contributed by atoms with Crippen LogP contribution >= 0.6 is 0 Å². The third kappa shape index (κ3) is 5.57. The van der Waals surface area contributed by atoms with Gasteiger partial charge in [0.15, 0.2) is 0 Å². The number of amides is 1. The first-order chi connectivity index (χ1) is 11.7. The Bertz CT molecular complexity index is 644. The van der Waals surface area contributed by atoms with E-state index >= 15 is 0 Å². The molecule has 1 amide bonds. The van der Waals surface area contributed by atoms with Gasteiger partial charge < -0.3 is 14.8 Å². The molecule has 5 heteroatoms. The van der Waals surface area contributed by atoms with Crippen LogP contribution in [0, 0.1) is 0 Å². The summed E-state index contributed by atoms with van der Waals surface area (Å²) >= 11 is 0. The van der Waals surface area contributed by atoms with Gasteiger partial charge >= 0.3 is 0 Å². The van der Waals surface area contributed by atoms with Crippen molar-refractivity contribution in [2.45, 2.75) is 25.7 Å². The smallest absolute Gasteiger partial charge is 0.220 e. The number of hydrogen-bond acceptors (Lipinski definition) is 4. The molecule has 0 saturated heterocycles. The molecule has 1 aromatic heterocycles. The van der Waals surface area contributed by atoms with Crippen LogP contribution < -0.4 is 14.8 Å². The molecule has 0 aliphatic rings. The molecule has 0 aliphatic carbocycles. The van der Waals surface area contributed by atoms with E-state index in [0.29, 0.717) is 13.0 Å². The summed E-state index contributed by atoms with van der Waals surface area (Å²) in [5.74, 6) is 1.61. The first kappa shape index (κ1) is 17.8. The van der Waals surface area contributed by atoms with E-state index in [9.17, 15) is 4.79 Å². The number of ether oxygens (including phenoxy) is 2. The minimum absolute atomic E-state index is 0.0753. The lowest BCUT2D eigenvalue weighted by Gasteiger charge is -2.11. The molecular formula is C19H24N2O3. The van der Waals surface area contributed by atoms with Crippen molar-refractivity contribution in [1.29, 1.82) is 0 Å². The second kappa shape index (κ2) is 9.55. The first-order valence-corrected chi connectivity index (χ1v) is 8.09. The lowest BCUT2D eigenvalue weighted by atomic mass is 10.1. The summed E-state index contributed by atoms with van der Waals surface area (Å²) in [6.45, 7) is 0.592. The van der Waals surface area contributed by atoms with Crippen molar-refractivity contribution in [3.05, 3.63) is 53.9 Å². The van der Waals surface area contributed by atoms with Crippen molar-refractivity contribution in [2.75, 3.05) is 20.8 Å². The number of carbonyl (C=O) groups is 1. The van der Waals surface area contributed by atoms with Crippen molar-refractivity contribution < 1.29 is 14.3 Å².